The summed E-state index contributed by atoms with van der Waals surface area (Å²) in [5, 5.41) is 0. The number of hydrogen-bond donors (Lipinski definition) is 0. The molecule has 0 aliphatic rings. The molecule has 21 heavy (non-hydrogen) atoms. The van der Waals surface area contributed by atoms with Gasteiger partial charge in [-0.05, 0) is 30.3 Å². The van der Waals surface area contributed by atoms with Crippen LogP contribution in [0.5, 0.6) is 11.5 Å². The molecule has 0 aliphatic heterocycles. The smallest absolute Gasteiger partial charge is 0.173 e. The van der Waals surface area contributed by atoms with E-state index in [2.05, 4.69) is 0 Å². The summed E-state index contributed by atoms with van der Waals surface area (Å²) in [6.45, 7) is 0. The molecule has 110 valence electrons. The van der Waals surface area contributed by atoms with E-state index in [1.165, 1.54) is 30.0 Å². The summed E-state index contributed by atoms with van der Waals surface area (Å²) in [5.74, 6) is 0.962. The zero-order valence-electron chi connectivity index (χ0n) is 11.8. The number of Topliss-reactive ketones (excluding diaryl/α,β-unsaturated/α-hetero) is 1. The lowest BCUT2D eigenvalue weighted by molar-refractivity contribution is 0.102. The van der Waals surface area contributed by atoms with E-state index in [0.717, 1.165) is 4.90 Å². The Morgan fingerprint density at radius 3 is 2.52 bits per heavy atom. The minimum Gasteiger partial charge on any atom is -0.493 e. The van der Waals surface area contributed by atoms with Crippen molar-refractivity contribution >= 4 is 17.5 Å². The molecule has 2 aromatic rings. The van der Waals surface area contributed by atoms with E-state index in [4.69, 9.17) is 9.47 Å². The molecular weight excluding hydrogens is 291 g/mol. The predicted octanol–water partition coefficient (Wildman–Crippen LogP) is 3.82. The summed E-state index contributed by atoms with van der Waals surface area (Å²) in [6, 6.07) is 11.2. The molecule has 0 fully saturated rings. The van der Waals surface area contributed by atoms with Crippen molar-refractivity contribution in [2.45, 2.75) is 4.90 Å². The lowest BCUT2D eigenvalue weighted by Gasteiger charge is -2.09. The second kappa shape index (κ2) is 7.13. The van der Waals surface area contributed by atoms with Gasteiger partial charge in [0.2, 0.25) is 0 Å². The molecule has 0 heterocycles. The van der Waals surface area contributed by atoms with Crippen LogP contribution in [0, 0.1) is 5.82 Å². The van der Waals surface area contributed by atoms with Crippen molar-refractivity contribution in [3.8, 4) is 11.5 Å². The maximum atomic E-state index is 13.1. The van der Waals surface area contributed by atoms with Crippen LogP contribution in [-0.4, -0.2) is 25.8 Å². The topological polar surface area (TPSA) is 35.5 Å². The van der Waals surface area contributed by atoms with E-state index < -0.39 is 5.82 Å². The lowest BCUT2D eigenvalue weighted by Crippen LogP contribution is -2.02. The molecule has 3 nitrogen and oxygen atoms in total. The van der Waals surface area contributed by atoms with Crippen molar-refractivity contribution in [1.29, 1.82) is 0 Å². The molecule has 0 spiro atoms. The van der Waals surface area contributed by atoms with Crippen LogP contribution in [0.2, 0.25) is 0 Å². The van der Waals surface area contributed by atoms with Crippen LogP contribution >= 0.6 is 11.8 Å². The number of carbonyl (C=O) groups is 1. The fraction of sp³-hybridized carbons (Fsp3) is 0.188. The van der Waals surface area contributed by atoms with Crippen molar-refractivity contribution in [1.82, 2.24) is 0 Å². The quantitative estimate of drug-likeness (QED) is 0.600. The van der Waals surface area contributed by atoms with Gasteiger partial charge in [0.25, 0.3) is 0 Å². The van der Waals surface area contributed by atoms with E-state index >= 15 is 0 Å². The van der Waals surface area contributed by atoms with Crippen molar-refractivity contribution < 1.29 is 18.7 Å². The summed E-state index contributed by atoms with van der Waals surface area (Å²) in [6.07, 6.45) is 0. The molecule has 0 aliphatic carbocycles. The first kappa shape index (κ1) is 15.4. The number of hydrogen-bond acceptors (Lipinski definition) is 4. The highest BCUT2D eigenvalue weighted by Crippen LogP contribution is 2.32. The number of thioether (sulfide) groups is 1. The number of rotatable bonds is 6. The zero-order valence-corrected chi connectivity index (χ0v) is 12.6. The Hall–Kier alpha value is -2.01. The van der Waals surface area contributed by atoms with Gasteiger partial charge in [0.05, 0.1) is 20.0 Å². The monoisotopic (exact) mass is 306 g/mol. The third kappa shape index (κ3) is 3.98. The van der Waals surface area contributed by atoms with Gasteiger partial charge in [-0.15, -0.1) is 11.8 Å². The van der Waals surface area contributed by atoms with Crippen LogP contribution in [0.15, 0.2) is 47.4 Å². The predicted molar refractivity (Wildman–Crippen MR) is 81.0 cm³/mol. The Balaban J connectivity index is 2.04. The molecule has 0 aromatic heterocycles. The van der Waals surface area contributed by atoms with Crippen LogP contribution in [-0.2, 0) is 0 Å². The fourth-order valence-electron chi connectivity index (χ4n) is 1.80. The van der Waals surface area contributed by atoms with Gasteiger partial charge in [-0.3, -0.25) is 4.79 Å². The van der Waals surface area contributed by atoms with Crippen LogP contribution in [0.25, 0.3) is 0 Å². The molecule has 0 N–H and O–H groups in total. The van der Waals surface area contributed by atoms with E-state index in [-0.39, 0.29) is 11.5 Å². The largest absolute Gasteiger partial charge is 0.493 e. The number of halogens is 1. The average Bonchev–Trinajstić information content (AvgIpc) is 2.52. The van der Waals surface area contributed by atoms with E-state index in [1.807, 2.05) is 12.1 Å². The summed E-state index contributed by atoms with van der Waals surface area (Å²) in [5.41, 5.74) is 0.378. The normalized spacial score (nSPS) is 10.2. The average molecular weight is 306 g/mol. The van der Waals surface area contributed by atoms with Crippen molar-refractivity contribution in [3.63, 3.8) is 0 Å². The molecule has 0 atom stereocenters. The van der Waals surface area contributed by atoms with Gasteiger partial charge in [-0.25, -0.2) is 4.39 Å². The highest BCUT2D eigenvalue weighted by molar-refractivity contribution is 8.00. The molecular formula is C16H15FO3S. The number of ketones is 1. The standard InChI is InChI=1S/C16H15FO3S/c1-19-15-7-6-13(9-16(15)20-2)21-10-14(18)11-4-3-5-12(17)8-11/h3-9H,10H2,1-2H3. The number of carbonyl (C=O) groups excluding carboxylic acids is 1. The lowest BCUT2D eigenvalue weighted by atomic mass is 10.1. The third-order valence-corrected chi connectivity index (χ3v) is 3.87. The first-order chi connectivity index (χ1) is 10.1. The van der Waals surface area contributed by atoms with Crippen LogP contribution in [0.3, 0.4) is 0 Å². The molecule has 0 amide bonds. The highest BCUT2D eigenvalue weighted by atomic mass is 32.2. The number of methoxy groups -OCH3 is 2. The van der Waals surface area contributed by atoms with Gasteiger partial charge in [0.15, 0.2) is 17.3 Å². The molecule has 2 rings (SSSR count). The Morgan fingerprint density at radius 2 is 1.86 bits per heavy atom. The van der Waals surface area contributed by atoms with Gasteiger partial charge in [0.1, 0.15) is 5.82 Å². The number of benzene rings is 2. The van der Waals surface area contributed by atoms with E-state index in [9.17, 15) is 9.18 Å². The molecule has 0 saturated carbocycles. The van der Waals surface area contributed by atoms with Gasteiger partial charge >= 0.3 is 0 Å². The van der Waals surface area contributed by atoms with Crippen molar-refractivity contribution in [2.75, 3.05) is 20.0 Å². The van der Waals surface area contributed by atoms with Crippen molar-refractivity contribution in [2.24, 2.45) is 0 Å². The van der Waals surface area contributed by atoms with Gasteiger partial charge in [-0.1, -0.05) is 12.1 Å². The Kier molecular flexibility index (Phi) is 5.22. The van der Waals surface area contributed by atoms with Crippen LogP contribution < -0.4 is 9.47 Å². The van der Waals surface area contributed by atoms with Gasteiger partial charge in [-0.2, -0.15) is 0 Å². The molecule has 2 aromatic carbocycles. The molecule has 0 unspecified atom stereocenters. The van der Waals surface area contributed by atoms with Gasteiger partial charge in [0, 0.05) is 10.5 Å². The fourth-order valence-corrected chi connectivity index (χ4v) is 2.62. The van der Waals surface area contributed by atoms with E-state index in [1.54, 1.807) is 26.4 Å². The highest BCUT2D eigenvalue weighted by Gasteiger charge is 2.09. The minimum absolute atomic E-state index is 0.116. The summed E-state index contributed by atoms with van der Waals surface area (Å²) < 4.78 is 23.5. The Morgan fingerprint density at radius 1 is 1.10 bits per heavy atom. The molecule has 0 saturated heterocycles. The van der Waals surface area contributed by atoms with Crippen molar-refractivity contribution in [3.05, 3.63) is 53.8 Å². The Labute approximate surface area is 127 Å². The number of ether oxygens (including phenoxy) is 2. The summed E-state index contributed by atoms with van der Waals surface area (Å²) in [4.78, 5) is 12.9. The first-order valence-corrected chi connectivity index (χ1v) is 7.26. The zero-order chi connectivity index (χ0) is 15.2. The summed E-state index contributed by atoms with van der Waals surface area (Å²) in [7, 11) is 3.13. The summed E-state index contributed by atoms with van der Waals surface area (Å²) >= 11 is 1.37. The second-order valence-corrected chi connectivity index (χ2v) is 5.29. The maximum absolute atomic E-state index is 13.1. The third-order valence-electron chi connectivity index (χ3n) is 2.87. The maximum Gasteiger partial charge on any atom is 0.173 e. The minimum atomic E-state index is -0.406. The first-order valence-electron chi connectivity index (χ1n) is 6.27. The molecule has 0 radical (unpaired) electrons. The van der Waals surface area contributed by atoms with Crippen LogP contribution in [0.4, 0.5) is 4.39 Å². The second-order valence-electron chi connectivity index (χ2n) is 4.24. The van der Waals surface area contributed by atoms with E-state index in [0.29, 0.717) is 17.1 Å². The van der Waals surface area contributed by atoms with Crippen LogP contribution in [0.1, 0.15) is 10.4 Å². The Bertz CT molecular complexity index is 643. The molecule has 5 heteroatoms. The van der Waals surface area contributed by atoms with Gasteiger partial charge < -0.3 is 9.47 Å². The SMILES string of the molecule is COc1ccc(SCC(=O)c2cccc(F)c2)cc1OC. The molecule has 0 bridgehead atoms.